The number of alkyl halides is 3. The summed E-state index contributed by atoms with van der Waals surface area (Å²) in [5.41, 5.74) is 1.17. The zero-order valence-electron chi connectivity index (χ0n) is 22.6. The van der Waals surface area contributed by atoms with E-state index in [2.05, 4.69) is 10.3 Å². The van der Waals surface area contributed by atoms with Crippen molar-refractivity contribution in [2.75, 3.05) is 11.9 Å². The zero-order valence-corrected chi connectivity index (χ0v) is 23.4. The van der Waals surface area contributed by atoms with Crippen molar-refractivity contribution in [3.05, 3.63) is 82.0 Å². The molecule has 6 nitrogen and oxygen atoms in total. The van der Waals surface area contributed by atoms with Gasteiger partial charge in [-0.15, -0.1) is 0 Å². The smallest absolute Gasteiger partial charge is 0.433 e. The molecular weight excluding hydrogens is 531 g/mol. The highest BCUT2D eigenvalue weighted by Gasteiger charge is 2.34. The van der Waals surface area contributed by atoms with Gasteiger partial charge in [0.05, 0.1) is 17.3 Å². The van der Waals surface area contributed by atoms with Crippen LogP contribution in [0.4, 0.5) is 23.7 Å². The number of pyridine rings is 1. The highest BCUT2D eigenvalue weighted by Crippen LogP contribution is 2.36. The molecule has 0 aliphatic heterocycles. The Morgan fingerprint density at radius 3 is 2.36 bits per heavy atom. The summed E-state index contributed by atoms with van der Waals surface area (Å²) in [6.45, 7) is 8.92. The molecule has 3 rings (SSSR count). The van der Waals surface area contributed by atoms with Crippen LogP contribution in [0, 0.1) is 6.92 Å². The Morgan fingerprint density at radius 2 is 1.77 bits per heavy atom. The number of halogens is 4. The van der Waals surface area contributed by atoms with Crippen molar-refractivity contribution in [2.45, 2.75) is 58.9 Å². The SMILES string of the molecule is Cc1cccc(-c2nc(C(F)(F)F)ccc2N(C)C(=O)C(C)c2ccc(CNC(=O)OC(C)(C)C)c(Cl)c2)c1. The van der Waals surface area contributed by atoms with Gasteiger partial charge in [-0.05, 0) is 70.0 Å². The second kappa shape index (κ2) is 11.7. The molecule has 0 fully saturated rings. The fourth-order valence-electron chi connectivity index (χ4n) is 3.89. The van der Waals surface area contributed by atoms with Gasteiger partial charge < -0.3 is 15.0 Å². The maximum absolute atomic E-state index is 13.5. The van der Waals surface area contributed by atoms with Crippen LogP contribution in [0.3, 0.4) is 0 Å². The second-order valence-corrected chi connectivity index (χ2v) is 10.7. The molecule has 2 aromatic carbocycles. The Morgan fingerprint density at radius 1 is 1.08 bits per heavy atom. The van der Waals surface area contributed by atoms with Crippen molar-refractivity contribution in [3.63, 3.8) is 0 Å². The molecule has 0 spiro atoms. The van der Waals surface area contributed by atoms with E-state index >= 15 is 0 Å². The number of alkyl carbamates (subject to hydrolysis) is 1. The lowest BCUT2D eigenvalue weighted by Crippen LogP contribution is -2.32. The van der Waals surface area contributed by atoms with Crippen LogP contribution in [-0.4, -0.2) is 29.6 Å². The summed E-state index contributed by atoms with van der Waals surface area (Å²) in [6.07, 6.45) is -5.22. The number of amides is 2. The van der Waals surface area contributed by atoms with E-state index in [0.29, 0.717) is 21.7 Å². The number of aromatic nitrogens is 1. The van der Waals surface area contributed by atoms with Crippen molar-refractivity contribution < 1.29 is 27.5 Å². The Bertz CT molecular complexity index is 1370. The van der Waals surface area contributed by atoms with Crippen LogP contribution in [-0.2, 0) is 22.3 Å². The zero-order chi connectivity index (χ0) is 29.1. The van der Waals surface area contributed by atoms with Gasteiger partial charge in [-0.3, -0.25) is 4.79 Å². The second-order valence-electron chi connectivity index (χ2n) is 10.3. The van der Waals surface area contributed by atoms with Gasteiger partial charge >= 0.3 is 12.3 Å². The minimum atomic E-state index is -4.64. The van der Waals surface area contributed by atoms with Crippen LogP contribution in [0.15, 0.2) is 54.6 Å². The van der Waals surface area contributed by atoms with Gasteiger partial charge in [0.25, 0.3) is 0 Å². The molecule has 0 aliphatic rings. The average molecular weight is 562 g/mol. The lowest BCUT2D eigenvalue weighted by Gasteiger charge is -2.25. The number of benzene rings is 2. The number of rotatable bonds is 6. The summed E-state index contributed by atoms with van der Waals surface area (Å²) < 4.78 is 45.6. The molecule has 2 amide bonds. The number of carbonyl (C=O) groups excluding carboxylic acids is 2. The molecule has 1 aromatic heterocycles. The molecule has 1 unspecified atom stereocenters. The standard InChI is InChI=1S/C29H31ClF3N3O3/c1-17-8-7-9-20(14-17)25-23(12-13-24(35-25)29(31,32)33)36(6)26(37)18(2)19-10-11-21(22(30)15-19)16-34-27(38)39-28(3,4)5/h7-15,18H,16H2,1-6H3,(H,34,38). The minimum absolute atomic E-state index is 0.0539. The first-order valence-corrected chi connectivity index (χ1v) is 12.6. The fraction of sp³-hybridized carbons (Fsp3) is 0.345. The molecule has 3 aromatic rings. The predicted molar refractivity (Wildman–Crippen MR) is 146 cm³/mol. The van der Waals surface area contributed by atoms with Gasteiger partial charge in [0.1, 0.15) is 11.3 Å². The number of carbonyl (C=O) groups is 2. The van der Waals surface area contributed by atoms with Crippen molar-refractivity contribution in [3.8, 4) is 11.3 Å². The lowest BCUT2D eigenvalue weighted by molar-refractivity contribution is -0.141. The Balaban J connectivity index is 1.85. The van der Waals surface area contributed by atoms with Gasteiger partial charge in [-0.1, -0.05) is 47.5 Å². The van der Waals surface area contributed by atoms with Gasteiger partial charge in [-0.25, -0.2) is 9.78 Å². The monoisotopic (exact) mass is 561 g/mol. The number of aryl methyl sites for hydroxylation is 1. The van der Waals surface area contributed by atoms with Gasteiger partial charge in [0.2, 0.25) is 5.91 Å². The third-order valence-corrected chi connectivity index (χ3v) is 6.27. The summed E-state index contributed by atoms with van der Waals surface area (Å²) in [5.74, 6) is -1.03. The molecular formula is C29H31ClF3N3O3. The van der Waals surface area contributed by atoms with Crippen LogP contribution >= 0.6 is 11.6 Å². The summed E-state index contributed by atoms with van der Waals surface area (Å²) in [5, 5.41) is 2.99. The number of nitrogens with zero attached hydrogens (tertiary/aromatic N) is 2. The van der Waals surface area contributed by atoms with Crippen molar-refractivity contribution in [2.24, 2.45) is 0 Å². The first-order chi connectivity index (χ1) is 18.1. The number of nitrogens with one attached hydrogen (secondary N) is 1. The van der Waals surface area contributed by atoms with Gasteiger partial charge in [0, 0.05) is 24.2 Å². The molecule has 0 aliphatic carbocycles. The van der Waals surface area contributed by atoms with E-state index in [4.69, 9.17) is 16.3 Å². The normalized spacial score (nSPS) is 12.6. The van der Waals surface area contributed by atoms with Crippen LogP contribution < -0.4 is 10.2 Å². The van der Waals surface area contributed by atoms with E-state index in [0.717, 1.165) is 11.6 Å². The molecule has 1 heterocycles. The Hall–Kier alpha value is -3.59. The molecule has 208 valence electrons. The lowest BCUT2D eigenvalue weighted by atomic mass is 9.97. The molecule has 0 radical (unpaired) electrons. The third kappa shape index (κ3) is 7.72. The molecule has 1 atom stereocenters. The highest BCUT2D eigenvalue weighted by atomic mass is 35.5. The molecule has 39 heavy (non-hydrogen) atoms. The number of ether oxygens (including phenoxy) is 1. The van der Waals surface area contributed by atoms with Crippen molar-refractivity contribution in [1.82, 2.24) is 10.3 Å². The van der Waals surface area contributed by atoms with E-state index in [-0.39, 0.29) is 23.8 Å². The Kier molecular flexibility index (Phi) is 8.95. The van der Waals surface area contributed by atoms with Crippen LogP contribution in [0.1, 0.15) is 56.0 Å². The average Bonchev–Trinajstić information content (AvgIpc) is 2.84. The predicted octanol–water partition coefficient (Wildman–Crippen LogP) is 7.52. The van der Waals surface area contributed by atoms with E-state index < -0.39 is 29.5 Å². The molecule has 0 bridgehead atoms. The maximum atomic E-state index is 13.5. The van der Waals surface area contributed by atoms with Crippen LogP contribution in [0.2, 0.25) is 5.02 Å². The van der Waals surface area contributed by atoms with E-state index in [9.17, 15) is 22.8 Å². The van der Waals surface area contributed by atoms with Crippen molar-refractivity contribution >= 4 is 29.3 Å². The summed E-state index contributed by atoms with van der Waals surface area (Å²) >= 11 is 6.44. The number of hydrogen-bond donors (Lipinski definition) is 1. The van der Waals surface area contributed by atoms with Gasteiger partial charge in [0.15, 0.2) is 0 Å². The number of likely N-dealkylation sites (N-methyl/N-ethyl adjacent to an activating group) is 1. The number of hydrogen-bond acceptors (Lipinski definition) is 4. The van der Waals surface area contributed by atoms with E-state index in [1.807, 2.05) is 13.0 Å². The number of anilines is 1. The quantitative estimate of drug-likeness (QED) is 0.338. The summed E-state index contributed by atoms with van der Waals surface area (Å²) in [4.78, 5) is 30.6. The summed E-state index contributed by atoms with van der Waals surface area (Å²) in [6, 6.07) is 14.1. The molecule has 0 saturated heterocycles. The third-order valence-electron chi connectivity index (χ3n) is 5.92. The first-order valence-electron chi connectivity index (χ1n) is 12.2. The van der Waals surface area contributed by atoms with Gasteiger partial charge in [-0.2, -0.15) is 13.2 Å². The maximum Gasteiger partial charge on any atom is 0.433 e. The minimum Gasteiger partial charge on any atom is -0.444 e. The first kappa shape index (κ1) is 30.0. The molecule has 0 saturated carbocycles. The Labute approximate surface area is 231 Å². The topological polar surface area (TPSA) is 71.5 Å². The molecule has 1 N–H and O–H groups in total. The fourth-order valence-corrected chi connectivity index (χ4v) is 4.15. The molecule has 10 heteroatoms. The van der Waals surface area contributed by atoms with Crippen LogP contribution in [0.5, 0.6) is 0 Å². The van der Waals surface area contributed by atoms with Crippen molar-refractivity contribution in [1.29, 1.82) is 0 Å². The van der Waals surface area contributed by atoms with E-state index in [1.165, 1.54) is 18.0 Å². The van der Waals surface area contributed by atoms with Crippen LogP contribution in [0.25, 0.3) is 11.3 Å². The van der Waals surface area contributed by atoms with E-state index in [1.54, 1.807) is 64.1 Å². The largest absolute Gasteiger partial charge is 0.444 e. The summed E-state index contributed by atoms with van der Waals surface area (Å²) in [7, 11) is 1.50. The highest BCUT2D eigenvalue weighted by molar-refractivity contribution is 6.31.